The van der Waals surface area contributed by atoms with Crippen LogP contribution in [0.15, 0.2) is 97.2 Å². The molecule has 1 unspecified atom stereocenters. The highest BCUT2D eigenvalue weighted by atomic mass is 16.6. The van der Waals surface area contributed by atoms with Gasteiger partial charge in [-0.3, -0.25) is 14.4 Å². The minimum Gasteiger partial charge on any atom is -0.462 e. The molecule has 0 aromatic rings. The Kier molecular flexibility index (Phi) is 67.7. The van der Waals surface area contributed by atoms with E-state index in [2.05, 4.69) is 112 Å². The third-order valence-corrected chi connectivity index (χ3v) is 15.6. The maximum atomic E-state index is 12.9. The first-order chi connectivity index (χ1) is 41.0. The van der Waals surface area contributed by atoms with Crippen LogP contribution >= 0.6 is 0 Å². The van der Waals surface area contributed by atoms with E-state index >= 15 is 0 Å². The van der Waals surface area contributed by atoms with Crippen molar-refractivity contribution in [1.82, 2.24) is 0 Å². The van der Waals surface area contributed by atoms with Gasteiger partial charge in [-0.05, 0) is 89.9 Å². The minimum atomic E-state index is -0.822. The molecular formula is C77H134O6. The van der Waals surface area contributed by atoms with E-state index in [9.17, 15) is 14.4 Å². The highest BCUT2D eigenvalue weighted by Crippen LogP contribution is 2.18. The zero-order chi connectivity index (χ0) is 59.9. The minimum absolute atomic E-state index is 0.106. The first-order valence-electron chi connectivity index (χ1n) is 35.7. The fraction of sp³-hybridized carbons (Fsp3) is 0.753. The molecule has 0 saturated carbocycles. The second-order valence-electron chi connectivity index (χ2n) is 23.8. The SMILES string of the molecule is CC/C=C\C/C=C\C/C=C\C/C=C\C/C=C\C/C=C\CCC(=O)OC(COC(=O)CCCCCCCCCCC/C=C\C/C=C\CCCCC)COC(=O)CCCCCCCCCCCCCCCCCCCCCCCCCCCCC. The maximum absolute atomic E-state index is 12.9. The molecule has 0 heterocycles. The van der Waals surface area contributed by atoms with Crippen molar-refractivity contribution in [1.29, 1.82) is 0 Å². The lowest BCUT2D eigenvalue weighted by Crippen LogP contribution is -2.30. The summed E-state index contributed by atoms with van der Waals surface area (Å²) >= 11 is 0. The molecule has 0 rings (SSSR count). The van der Waals surface area contributed by atoms with Crippen molar-refractivity contribution in [2.24, 2.45) is 0 Å². The molecule has 0 aliphatic heterocycles. The Hall–Kier alpha value is -3.67. The quantitative estimate of drug-likeness (QED) is 0.0261. The van der Waals surface area contributed by atoms with Crippen LogP contribution in [0.5, 0.6) is 0 Å². The number of carbonyl (C=O) groups excluding carboxylic acids is 3. The van der Waals surface area contributed by atoms with Crippen LogP contribution in [-0.2, 0) is 28.6 Å². The largest absolute Gasteiger partial charge is 0.462 e. The van der Waals surface area contributed by atoms with Crippen LogP contribution < -0.4 is 0 Å². The van der Waals surface area contributed by atoms with Crippen molar-refractivity contribution in [2.75, 3.05) is 13.2 Å². The molecule has 0 spiro atoms. The number of ether oxygens (including phenoxy) is 3. The van der Waals surface area contributed by atoms with Gasteiger partial charge in [0, 0.05) is 19.3 Å². The molecule has 0 bridgehead atoms. The third kappa shape index (κ3) is 69.0. The summed E-state index contributed by atoms with van der Waals surface area (Å²) in [4.78, 5) is 38.4. The third-order valence-electron chi connectivity index (χ3n) is 15.6. The summed E-state index contributed by atoms with van der Waals surface area (Å²) in [6.07, 6.45) is 96.0. The molecular weight excluding hydrogens is 1020 g/mol. The summed E-state index contributed by atoms with van der Waals surface area (Å²) < 4.78 is 16.9. The lowest BCUT2D eigenvalue weighted by Gasteiger charge is -2.18. The summed E-state index contributed by atoms with van der Waals surface area (Å²) in [5, 5.41) is 0. The highest BCUT2D eigenvalue weighted by Gasteiger charge is 2.19. The van der Waals surface area contributed by atoms with Gasteiger partial charge in [0.05, 0.1) is 0 Å². The molecule has 0 saturated heterocycles. The molecule has 0 aliphatic rings. The van der Waals surface area contributed by atoms with E-state index in [1.165, 1.54) is 225 Å². The number of unbranched alkanes of at least 4 members (excludes halogenated alkanes) is 38. The van der Waals surface area contributed by atoms with Crippen molar-refractivity contribution in [3.8, 4) is 0 Å². The number of allylic oxidation sites excluding steroid dienone is 16. The van der Waals surface area contributed by atoms with Gasteiger partial charge >= 0.3 is 17.9 Å². The zero-order valence-electron chi connectivity index (χ0n) is 54.9. The van der Waals surface area contributed by atoms with Crippen molar-refractivity contribution in [3.63, 3.8) is 0 Å². The Morgan fingerprint density at radius 2 is 0.494 bits per heavy atom. The van der Waals surface area contributed by atoms with Crippen LogP contribution in [-0.4, -0.2) is 37.2 Å². The maximum Gasteiger partial charge on any atom is 0.306 e. The second-order valence-corrected chi connectivity index (χ2v) is 23.8. The molecule has 83 heavy (non-hydrogen) atoms. The molecule has 6 heteroatoms. The van der Waals surface area contributed by atoms with Gasteiger partial charge < -0.3 is 14.2 Å². The van der Waals surface area contributed by atoms with Gasteiger partial charge in [0.2, 0.25) is 0 Å². The van der Waals surface area contributed by atoms with Gasteiger partial charge in [-0.2, -0.15) is 0 Å². The lowest BCUT2D eigenvalue weighted by atomic mass is 10.0. The molecule has 0 radical (unpaired) electrons. The average Bonchev–Trinajstić information content (AvgIpc) is 3.50. The van der Waals surface area contributed by atoms with E-state index in [-0.39, 0.29) is 37.5 Å². The Morgan fingerprint density at radius 1 is 0.253 bits per heavy atom. The monoisotopic (exact) mass is 1160 g/mol. The second kappa shape index (κ2) is 70.8. The number of rotatable bonds is 65. The van der Waals surface area contributed by atoms with Crippen molar-refractivity contribution < 1.29 is 28.6 Å². The van der Waals surface area contributed by atoms with E-state index in [1.807, 2.05) is 6.08 Å². The van der Waals surface area contributed by atoms with Crippen LogP contribution in [0.25, 0.3) is 0 Å². The topological polar surface area (TPSA) is 78.9 Å². The number of carbonyl (C=O) groups is 3. The van der Waals surface area contributed by atoms with Crippen molar-refractivity contribution >= 4 is 17.9 Å². The Morgan fingerprint density at radius 3 is 0.807 bits per heavy atom. The Bertz CT molecular complexity index is 1610. The Labute approximate surface area is 515 Å². The van der Waals surface area contributed by atoms with Crippen molar-refractivity contribution in [3.05, 3.63) is 97.2 Å². The van der Waals surface area contributed by atoms with Crippen LogP contribution in [0, 0.1) is 0 Å². The molecule has 0 aromatic carbocycles. The molecule has 478 valence electrons. The van der Waals surface area contributed by atoms with Crippen molar-refractivity contribution in [2.45, 2.75) is 361 Å². The van der Waals surface area contributed by atoms with Crippen LogP contribution in [0.4, 0.5) is 0 Å². The normalized spacial score (nSPS) is 12.7. The number of hydrogen-bond acceptors (Lipinski definition) is 6. The van der Waals surface area contributed by atoms with Gasteiger partial charge in [0.1, 0.15) is 13.2 Å². The molecule has 6 nitrogen and oxygen atoms in total. The Balaban J connectivity index is 4.37. The molecule has 0 aromatic heterocycles. The van der Waals surface area contributed by atoms with Gasteiger partial charge in [-0.15, -0.1) is 0 Å². The summed E-state index contributed by atoms with van der Waals surface area (Å²) in [6, 6.07) is 0. The van der Waals surface area contributed by atoms with Gasteiger partial charge in [0.15, 0.2) is 6.10 Å². The molecule has 1 atom stereocenters. The van der Waals surface area contributed by atoms with E-state index in [0.29, 0.717) is 19.3 Å². The van der Waals surface area contributed by atoms with E-state index in [1.54, 1.807) is 0 Å². The number of esters is 3. The highest BCUT2D eigenvalue weighted by molar-refractivity contribution is 5.71. The molecule has 0 fully saturated rings. The first kappa shape index (κ1) is 79.3. The van der Waals surface area contributed by atoms with E-state index in [0.717, 1.165) is 83.5 Å². The van der Waals surface area contributed by atoms with Crippen LogP contribution in [0.2, 0.25) is 0 Å². The molecule has 0 amide bonds. The summed E-state index contributed by atoms with van der Waals surface area (Å²) in [6.45, 7) is 6.49. The molecule has 0 N–H and O–H groups in total. The smallest absolute Gasteiger partial charge is 0.306 e. The molecule has 0 aliphatic carbocycles. The summed E-state index contributed by atoms with van der Waals surface area (Å²) in [7, 11) is 0. The number of hydrogen-bond donors (Lipinski definition) is 0. The fourth-order valence-electron chi connectivity index (χ4n) is 10.3. The lowest BCUT2D eigenvalue weighted by molar-refractivity contribution is -0.166. The average molecular weight is 1160 g/mol. The summed E-state index contributed by atoms with van der Waals surface area (Å²) in [5.74, 6) is -0.979. The van der Waals surface area contributed by atoms with E-state index in [4.69, 9.17) is 14.2 Å². The van der Waals surface area contributed by atoms with Crippen LogP contribution in [0.3, 0.4) is 0 Å². The first-order valence-corrected chi connectivity index (χ1v) is 35.7. The fourth-order valence-corrected chi connectivity index (χ4v) is 10.3. The standard InChI is InChI=1S/C77H134O6/c1-4-7-10-13-16-19-22-25-28-31-34-35-36-37-38-39-40-41-44-46-49-52-55-58-61-64-67-70-76(79)82-73-74(83-77(80)71-68-65-62-59-56-53-50-47-43-33-30-27-24-21-18-15-12-9-6-3)72-81-75(78)69-66-63-60-57-54-51-48-45-42-32-29-26-23-20-17-14-11-8-5-2/h9,12,17-18,20-21,26-27,29-30,43,47,53,56,62,65,74H,4-8,10-11,13-16,19,22-25,28,31-42,44-46,48-52,54-55,57-61,63-64,66-73H2,1-3H3/b12-9-,20-17-,21-18-,29-26-,30-27-,47-43-,56-53-,65-62-. The van der Waals surface area contributed by atoms with Gasteiger partial charge in [-0.25, -0.2) is 0 Å². The van der Waals surface area contributed by atoms with E-state index < -0.39 is 6.10 Å². The predicted molar refractivity (Wildman–Crippen MR) is 362 cm³/mol. The summed E-state index contributed by atoms with van der Waals surface area (Å²) in [5.41, 5.74) is 0. The zero-order valence-corrected chi connectivity index (χ0v) is 54.9. The van der Waals surface area contributed by atoms with Gasteiger partial charge in [0.25, 0.3) is 0 Å². The predicted octanol–water partition coefficient (Wildman–Crippen LogP) is 24.8. The van der Waals surface area contributed by atoms with Crippen LogP contribution in [0.1, 0.15) is 355 Å². The van der Waals surface area contributed by atoms with Gasteiger partial charge in [-0.1, -0.05) is 343 Å².